The zero-order valence-electron chi connectivity index (χ0n) is 19.7. The van der Waals surface area contributed by atoms with Gasteiger partial charge >= 0.3 is 6.09 Å². The van der Waals surface area contributed by atoms with Crippen molar-refractivity contribution in [3.8, 4) is 5.75 Å². The van der Waals surface area contributed by atoms with E-state index in [4.69, 9.17) is 19.6 Å². The highest BCUT2D eigenvalue weighted by Gasteiger charge is 2.29. The molecule has 1 aromatic rings. The number of allylic oxidation sites excluding steroid dienone is 1. The Morgan fingerprint density at radius 1 is 1.03 bits per heavy atom. The minimum absolute atomic E-state index is 0.103. The average Bonchev–Trinajstić information content (AvgIpc) is 2.77. The Balaban J connectivity index is 1.78. The molecule has 2 heterocycles. The van der Waals surface area contributed by atoms with Crippen molar-refractivity contribution in [3.05, 3.63) is 35.7 Å². The van der Waals surface area contributed by atoms with Crippen molar-refractivity contribution in [1.29, 1.82) is 5.41 Å². The summed E-state index contributed by atoms with van der Waals surface area (Å²) in [5.41, 5.74) is 0.394. The highest BCUT2D eigenvalue weighted by molar-refractivity contribution is 6.06. The second kappa shape index (κ2) is 11.1. The molecule has 0 saturated carbocycles. The number of nitrogens with one attached hydrogen (secondary N) is 2. The molecule has 3 rings (SSSR count). The number of carbonyl (C=O) groups excluding carboxylic acids is 2. The number of nitrogens with zero attached hydrogens (tertiary/aromatic N) is 2. The first kappa shape index (κ1) is 24.4. The molecule has 0 spiro atoms. The zero-order chi connectivity index (χ0) is 23.8. The number of hydrogen-bond donors (Lipinski definition) is 2. The summed E-state index contributed by atoms with van der Waals surface area (Å²) in [6.07, 6.45) is 3.36. The number of rotatable bonds is 2. The lowest BCUT2D eigenvalue weighted by Crippen LogP contribution is -2.50. The molecule has 0 unspecified atom stereocenters. The van der Waals surface area contributed by atoms with Crippen molar-refractivity contribution in [2.45, 2.75) is 45.6 Å². The molecule has 2 N–H and O–H groups in total. The van der Waals surface area contributed by atoms with E-state index in [0.29, 0.717) is 56.5 Å². The van der Waals surface area contributed by atoms with Gasteiger partial charge in [-0.1, -0.05) is 12.1 Å². The number of benzene rings is 1. The highest BCUT2D eigenvalue weighted by atomic mass is 16.6. The van der Waals surface area contributed by atoms with Gasteiger partial charge in [-0.3, -0.25) is 4.79 Å². The van der Waals surface area contributed by atoms with Crippen molar-refractivity contribution in [3.63, 3.8) is 0 Å². The maximum Gasteiger partial charge on any atom is 0.410 e. The van der Waals surface area contributed by atoms with Crippen LogP contribution in [0.3, 0.4) is 0 Å². The lowest BCUT2D eigenvalue weighted by molar-refractivity contribution is -0.116. The van der Waals surface area contributed by atoms with Crippen LogP contribution in [0.1, 0.15) is 40.0 Å². The molecule has 0 radical (unpaired) electrons. The van der Waals surface area contributed by atoms with E-state index in [-0.39, 0.29) is 11.9 Å². The molecule has 1 aromatic carbocycles. The van der Waals surface area contributed by atoms with Gasteiger partial charge in [0.2, 0.25) is 5.76 Å². The first-order valence-electron chi connectivity index (χ1n) is 11.4. The summed E-state index contributed by atoms with van der Waals surface area (Å²) in [6.45, 7) is 8.23. The lowest BCUT2D eigenvalue weighted by atomic mass is 10.2. The molecule has 2 amide bonds. The summed E-state index contributed by atoms with van der Waals surface area (Å²) in [5, 5.41) is 10.9. The van der Waals surface area contributed by atoms with Crippen LogP contribution in [0.25, 0.3) is 0 Å². The Labute approximate surface area is 195 Å². The van der Waals surface area contributed by atoms with E-state index in [1.165, 1.54) is 0 Å². The monoisotopic (exact) mass is 458 g/mol. The van der Waals surface area contributed by atoms with E-state index in [1.807, 2.05) is 43.9 Å². The summed E-state index contributed by atoms with van der Waals surface area (Å²) in [5.74, 6) is 0.277. The lowest BCUT2D eigenvalue weighted by Gasteiger charge is -2.37. The van der Waals surface area contributed by atoms with Gasteiger partial charge in [0.05, 0.1) is 18.9 Å². The number of carbonyl (C=O) groups is 2. The van der Waals surface area contributed by atoms with E-state index in [2.05, 4.69) is 5.32 Å². The van der Waals surface area contributed by atoms with Crippen LogP contribution >= 0.6 is 0 Å². The van der Waals surface area contributed by atoms with Crippen LogP contribution in [0.2, 0.25) is 0 Å². The number of ether oxygens (including phenoxy) is 3. The zero-order valence-corrected chi connectivity index (χ0v) is 19.7. The van der Waals surface area contributed by atoms with Crippen LogP contribution < -0.4 is 10.1 Å². The van der Waals surface area contributed by atoms with E-state index in [0.717, 1.165) is 25.5 Å². The summed E-state index contributed by atoms with van der Waals surface area (Å²) in [6, 6.07) is 7.28. The van der Waals surface area contributed by atoms with Crippen molar-refractivity contribution in [2.75, 3.05) is 44.7 Å². The van der Waals surface area contributed by atoms with E-state index >= 15 is 0 Å². The molecule has 0 aliphatic carbocycles. The smallest absolute Gasteiger partial charge is 0.410 e. The Morgan fingerprint density at radius 3 is 2.33 bits per heavy atom. The van der Waals surface area contributed by atoms with Crippen LogP contribution in [0.4, 0.5) is 10.5 Å². The number of fused-ring (bicyclic) bond motifs is 1. The van der Waals surface area contributed by atoms with Crippen molar-refractivity contribution in [1.82, 2.24) is 9.80 Å². The molecule has 0 aromatic heterocycles. The minimum Gasteiger partial charge on any atom is -0.491 e. The SMILES string of the molecule is CC(C)(C)OC(=O)N1CCN(/C(C=N)=C2\OCCCCCOc3ccccc3NC2=O)CC1. The van der Waals surface area contributed by atoms with Crippen LogP contribution in [0, 0.1) is 5.41 Å². The maximum atomic E-state index is 13.2. The van der Waals surface area contributed by atoms with Crippen LogP contribution in [0.15, 0.2) is 35.7 Å². The fourth-order valence-electron chi connectivity index (χ4n) is 3.62. The van der Waals surface area contributed by atoms with Gasteiger partial charge < -0.3 is 34.7 Å². The Bertz CT molecular complexity index is 885. The predicted molar refractivity (Wildman–Crippen MR) is 126 cm³/mol. The molecule has 9 nitrogen and oxygen atoms in total. The minimum atomic E-state index is -0.560. The van der Waals surface area contributed by atoms with E-state index in [1.54, 1.807) is 11.0 Å². The first-order chi connectivity index (χ1) is 15.8. The second-order valence-electron chi connectivity index (χ2n) is 9.02. The molecule has 9 heteroatoms. The van der Waals surface area contributed by atoms with Gasteiger partial charge in [-0.25, -0.2) is 4.79 Å². The number of hydrogen-bond acceptors (Lipinski definition) is 7. The molecule has 180 valence electrons. The third kappa shape index (κ3) is 6.87. The average molecular weight is 459 g/mol. The Morgan fingerprint density at radius 2 is 1.67 bits per heavy atom. The van der Waals surface area contributed by atoms with Crippen LogP contribution in [-0.2, 0) is 14.3 Å². The number of amides is 2. The first-order valence-corrected chi connectivity index (χ1v) is 11.4. The van der Waals surface area contributed by atoms with Gasteiger partial charge in [-0.05, 0) is 52.2 Å². The number of piperazine rings is 1. The predicted octanol–water partition coefficient (Wildman–Crippen LogP) is 3.62. The van der Waals surface area contributed by atoms with Gasteiger partial charge in [0.1, 0.15) is 17.0 Å². The standard InChI is InChI=1S/C24H34N4O5/c1-24(2,3)33-23(30)28-13-11-27(12-14-28)19(17-25)21-22(29)26-18-9-5-6-10-20(18)31-15-7-4-8-16-32-21/h5-6,9-10,17,25H,4,7-8,11-16H2,1-3H3,(H,26,29)/b21-19-,25-17?. The molecule has 0 atom stereocenters. The molecule has 1 fully saturated rings. The van der Waals surface area contributed by atoms with Crippen LogP contribution in [0.5, 0.6) is 5.75 Å². The highest BCUT2D eigenvalue weighted by Crippen LogP contribution is 2.26. The summed E-state index contributed by atoms with van der Waals surface area (Å²) < 4.78 is 17.2. The fourth-order valence-corrected chi connectivity index (χ4v) is 3.62. The Kier molecular flexibility index (Phi) is 8.19. The largest absolute Gasteiger partial charge is 0.491 e. The second-order valence-corrected chi connectivity index (χ2v) is 9.02. The molecule has 1 saturated heterocycles. The van der Waals surface area contributed by atoms with Gasteiger partial charge in [-0.15, -0.1) is 0 Å². The molecule has 0 bridgehead atoms. The summed E-state index contributed by atoms with van der Waals surface area (Å²) >= 11 is 0. The van der Waals surface area contributed by atoms with Crippen molar-refractivity contribution in [2.24, 2.45) is 0 Å². The quantitative estimate of drug-likeness (QED) is 0.518. The molecular formula is C24H34N4O5. The van der Waals surface area contributed by atoms with E-state index in [9.17, 15) is 9.59 Å². The third-order valence-corrected chi connectivity index (χ3v) is 5.28. The number of para-hydroxylation sites is 2. The molecule has 2 aliphatic heterocycles. The third-order valence-electron chi connectivity index (χ3n) is 5.28. The summed E-state index contributed by atoms with van der Waals surface area (Å²) in [4.78, 5) is 29.1. The maximum absolute atomic E-state index is 13.2. The van der Waals surface area contributed by atoms with Gasteiger partial charge in [0, 0.05) is 32.4 Å². The van der Waals surface area contributed by atoms with Gasteiger partial charge in [0.25, 0.3) is 5.91 Å². The number of anilines is 1. The fraction of sp³-hybridized carbons (Fsp3) is 0.542. The molecule has 2 aliphatic rings. The normalized spacial score (nSPS) is 19.5. The topological polar surface area (TPSA) is 104 Å². The van der Waals surface area contributed by atoms with Crippen molar-refractivity contribution >= 4 is 23.9 Å². The molecule has 33 heavy (non-hydrogen) atoms. The van der Waals surface area contributed by atoms with Crippen molar-refractivity contribution < 1.29 is 23.8 Å². The Hall–Kier alpha value is -3.23. The van der Waals surface area contributed by atoms with Gasteiger partial charge in [0.15, 0.2) is 0 Å². The molecular weight excluding hydrogens is 424 g/mol. The van der Waals surface area contributed by atoms with Crippen LogP contribution in [-0.4, -0.2) is 73.0 Å². The van der Waals surface area contributed by atoms with E-state index < -0.39 is 11.5 Å². The summed E-state index contributed by atoms with van der Waals surface area (Å²) in [7, 11) is 0. The van der Waals surface area contributed by atoms with Gasteiger partial charge in [-0.2, -0.15) is 0 Å².